The zero-order valence-electron chi connectivity index (χ0n) is 16.1. The number of rotatable bonds is 7. The first kappa shape index (κ1) is 22.1. The molecule has 1 unspecified atom stereocenters. The van der Waals surface area contributed by atoms with E-state index in [4.69, 9.17) is 23.2 Å². The fourth-order valence-corrected chi connectivity index (χ4v) is 3.80. The number of carbonyl (C=O) groups excluding carboxylic acids is 1. The molecule has 2 N–H and O–H groups in total. The molecule has 7 nitrogen and oxygen atoms in total. The number of carboxylic acids is 1. The van der Waals surface area contributed by atoms with E-state index in [-0.39, 0.29) is 5.91 Å². The first-order valence-electron chi connectivity index (χ1n) is 8.95. The van der Waals surface area contributed by atoms with Gasteiger partial charge in [0.15, 0.2) is 11.0 Å². The lowest BCUT2D eigenvalue weighted by Crippen LogP contribution is -2.15. The molecule has 10 heteroatoms. The number of nitrogens with one attached hydrogen (secondary N) is 1. The van der Waals surface area contributed by atoms with Gasteiger partial charge in [-0.15, -0.1) is 10.2 Å². The van der Waals surface area contributed by atoms with Gasteiger partial charge in [0, 0.05) is 23.9 Å². The van der Waals surface area contributed by atoms with E-state index in [2.05, 4.69) is 15.5 Å². The van der Waals surface area contributed by atoms with Gasteiger partial charge in [-0.3, -0.25) is 9.59 Å². The molecule has 1 heterocycles. The fourth-order valence-electron chi connectivity index (χ4n) is 2.65. The van der Waals surface area contributed by atoms with Gasteiger partial charge in [-0.1, -0.05) is 41.9 Å². The average Bonchev–Trinajstić information content (AvgIpc) is 3.08. The molecule has 2 aromatic carbocycles. The Hall–Kier alpha value is -2.55. The highest BCUT2D eigenvalue weighted by Gasteiger charge is 2.21. The van der Waals surface area contributed by atoms with Gasteiger partial charge in [0.2, 0.25) is 0 Å². The molecule has 0 saturated carbocycles. The van der Waals surface area contributed by atoms with Crippen molar-refractivity contribution >= 4 is 52.5 Å². The second kappa shape index (κ2) is 9.51. The number of halogens is 2. The lowest BCUT2D eigenvalue weighted by Gasteiger charge is -2.09. The summed E-state index contributed by atoms with van der Waals surface area (Å²) in [7, 11) is 1.78. The molecule has 1 amide bonds. The van der Waals surface area contributed by atoms with Crippen molar-refractivity contribution in [2.45, 2.75) is 23.8 Å². The summed E-state index contributed by atoms with van der Waals surface area (Å²) in [6, 6.07) is 11.8. The van der Waals surface area contributed by atoms with Crippen LogP contribution in [0.4, 0.5) is 5.69 Å². The third-order valence-electron chi connectivity index (χ3n) is 4.31. The molecule has 0 saturated heterocycles. The minimum atomic E-state index is -0.880. The van der Waals surface area contributed by atoms with Crippen LogP contribution in [-0.4, -0.2) is 37.0 Å². The Bertz CT molecular complexity index is 1090. The summed E-state index contributed by atoms with van der Waals surface area (Å²) in [6.07, 6.45) is 0.482. The van der Waals surface area contributed by atoms with Crippen molar-refractivity contribution in [2.24, 2.45) is 7.05 Å². The van der Waals surface area contributed by atoms with Crippen molar-refractivity contribution in [2.75, 3.05) is 5.32 Å². The van der Waals surface area contributed by atoms with E-state index >= 15 is 0 Å². The van der Waals surface area contributed by atoms with Crippen molar-refractivity contribution in [3.05, 3.63) is 58.1 Å². The van der Waals surface area contributed by atoms with Crippen molar-refractivity contribution in [1.29, 1.82) is 0 Å². The quantitative estimate of drug-likeness (QED) is 0.477. The smallest absolute Gasteiger partial charge is 0.317 e. The Kier molecular flexibility index (Phi) is 7.02. The summed E-state index contributed by atoms with van der Waals surface area (Å²) in [5.41, 5.74) is 1.78. The Morgan fingerprint density at radius 3 is 2.43 bits per heavy atom. The summed E-state index contributed by atoms with van der Waals surface area (Å²) in [4.78, 5) is 23.6. The molecular formula is C20H18Cl2N4O3S. The number of carbonyl (C=O) groups is 2. The first-order valence-corrected chi connectivity index (χ1v) is 10.6. The molecule has 3 aromatic rings. The van der Waals surface area contributed by atoms with E-state index in [9.17, 15) is 14.7 Å². The van der Waals surface area contributed by atoms with Gasteiger partial charge in [0.1, 0.15) is 5.25 Å². The number of benzene rings is 2. The van der Waals surface area contributed by atoms with E-state index in [1.165, 1.54) is 6.07 Å². The number of amides is 1. The van der Waals surface area contributed by atoms with Gasteiger partial charge in [-0.25, -0.2) is 0 Å². The van der Waals surface area contributed by atoms with Crippen LogP contribution in [0.5, 0.6) is 0 Å². The third-order valence-corrected chi connectivity index (χ3v) is 6.44. The van der Waals surface area contributed by atoms with Gasteiger partial charge in [-0.2, -0.15) is 0 Å². The van der Waals surface area contributed by atoms with Crippen LogP contribution in [0.1, 0.15) is 23.7 Å². The molecule has 1 aromatic heterocycles. The van der Waals surface area contributed by atoms with E-state index in [0.717, 1.165) is 17.3 Å². The number of thioether (sulfide) groups is 1. The zero-order chi connectivity index (χ0) is 21.8. The minimum absolute atomic E-state index is 0.307. The second-order valence-electron chi connectivity index (χ2n) is 6.38. The van der Waals surface area contributed by atoms with Gasteiger partial charge < -0.3 is 15.0 Å². The van der Waals surface area contributed by atoms with Crippen LogP contribution in [0.15, 0.2) is 47.6 Å². The van der Waals surface area contributed by atoms with Crippen molar-refractivity contribution in [3.8, 4) is 11.4 Å². The second-order valence-corrected chi connectivity index (χ2v) is 8.36. The summed E-state index contributed by atoms with van der Waals surface area (Å²) >= 11 is 13.0. The molecule has 0 aliphatic rings. The van der Waals surface area contributed by atoms with Crippen LogP contribution in [0.2, 0.25) is 10.0 Å². The minimum Gasteiger partial charge on any atom is -0.480 e. The molecule has 156 valence electrons. The van der Waals surface area contributed by atoms with Crippen LogP contribution in [0, 0.1) is 0 Å². The number of aliphatic carboxylic acids is 1. The Labute approximate surface area is 187 Å². The van der Waals surface area contributed by atoms with Gasteiger partial charge >= 0.3 is 5.97 Å². The molecule has 3 rings (SSSR count). The van der Waals surface area contributed by atoms with E-state index < -0.39 is 11.2 Å². The van der Waals surface area contributed by atoms with Gasteiger partial charge in [0.25, 0.3) is 5.91 Å². The molecule has 0 bridgehead atoms. The first-order chi connectivity index (χ1) is 14.3. The van der Waals surface area contributed by atoms with Crippen LogP contribution in [0.25, 0.3) is 11.4 Å². The average molecular weight is 465 g/mol. The van der Waals surface area contributed by atoms with Crippen LogP contribution >= 0.6 is 35.0 Å². The van der Waals surface area contributed by atoms with Crippen molar-refractivity contribution in [1.82, 2.24) is 14.8 Å². The third kappa shape index (κ3) is 4.95. The summed E-state index contributed by atoms with van der Waals surface area (Å²) < 4.78 is 1.75. The predicted octanol–water partition coefficient (Wildman–Crippen LogP) is 5.00. The Morgan fingerprint density at radius 2 is 1.83 bits per heavy atom. The summed E-state index contributed by atoms with van der Waals surface area (Å²) in [5.74, 6) is -0.591. The van der Waals surface area contributed by atoms with Crippen LogP contribution in [0.3, 0.4) is 0 Å². The molecule has 30 heavy (non-hydrogen) atoms. The molecular weight excluding hydrogens is 447 g/mol. The van der Waals surface area contributed by atoms with E-state index in [1.54, 1.807) is 48.0 Å². The SMILES string of the molecule is CCC(Sc1nnc(-c2ccc(NC(=O)c3ccc(Cl)c(Cl)c3)cc2)n1C)C(=O)O. The van der Waals surface area contributed by atoms with E-state index in [0.29, 0.717) is 38.7 Å². The number of aromatic nitrogens is 3. The Morgan fingerprint density at radius 1 is 1.13 bits per heavy atom. The number of carboxylic acid groups (broad SMARTS) is 1. The molecule has 0 aliphatic carbocycles. The van der Waals surface area contributed by atoms with Crippen LogP contribution in [-0.2, 0) is 11.8 Å². The lowest BCUT2D eigenvalue weighted by molar-refractivity contribution is -0.136. The highest BCUT2D eigenvalue weighted by molar-refractivity contribution is 8.00. The molecule has 0 radical (unpaired) electrons. The Balaban J connectivity index is 1.73. The number of hydrogen-bond acceptors (Lipinski definition) is 5. The summed E-state index contributed by atoms with van der Waals surface area (Å²) in [5, 5.41) is 20.9. The molecule has 1 atom stereocenters. The van der Waals surface area contributed by atoms with Crippen molar-refractivity contribution < 1.29 is 14.7 Å². The maximum atomic E-state index is 12.4. The maximum absolute atomic E-state index is 12.4. The van der Waals surface area contributed by atoms with Gasteiger partial charge in [0.05, 0.1) is 10.0 Å². The lowest BCUT2D eigenvalue weighted by atomic mass is 10.1. The number of hydrogen-bond donors (Lipinski definition) is 2. The standard InChI is InChI=1S/C20H18Cl2N4O3S/c1-3-16(19(28)29)30-20-25-24-17(26(20)2)11-4-7-13(8-5-11)23-18(27)12-6-9-14(21)15(22)10-12/h4-10,16H,3H2,1-2H3,(H,23,27)(H,28,29). The largest absolute Gasteiger partial charge is 0.480 e. The summed E-state index contributed by atoms with van der Waals surface area (Å²) in [6.45, 7) is 1.81. The monoisotopic (exact) mass is 464 g/mol. The topological polar surface area (TPSA) is 97.1 Å². The normalized spacial score (nSPS) is 11.9. The van der Waals surface area contributed by atoms with Crippen molar-refractivity contribution in [3.63, 3.8) is 0 Å². The van der Waals surface area contributed by atoms with Crippen LogP contribution < -0.4 is 5.32 Å². The molecule has 0 aliphatic heterocycles. The van der Waals surface area contributed by atoms with E-state index in [1.807, 2.05) is 6.92 Å². The zero-order valence-corrected chi connectivity index (χ0v) is 18.4. The number of nitrogens with zero attached hydrogens (tertiary/aromatic N) is 3. The predicted molar refractivity (Wildman–Crippen MR) is 118 cm³/mol. The maximum Gasteiger partial charge on any atom is 0.317 e. The highest BCUT2D eigenvalue weighted by Crippen LogP contribution is 2.28. The highest BCUT2D eigenvalue weighted by atomic mass is 35.5. The number of anilines is 1. The van der Waals surface area contributed by atoms with Gasteiger partial charge in [-0.05, 0) is 48.9 Å². The molecule has 0 fully saturated rings. The molecule has 0 spiro atoms. The fraction of sp³-hybridized carbons (Fsp3) is 0.200.